The van der Waals surface area contributed by atoms with Crippen molar-refractivity contribution in [2.75, 3.05) is 18.7 Å². The Bertz CT molecular complexity index is 1240. The molecule has 7 nitrogen and oxygen atoms in total. The average Bonchev–Trinajstić information content (AvgIpc) is 3.47. The van der Waals surface area contributed by atoms with E-state index in [0.29, 0.717) is 38.8 Å². The van der Waals surface area contributed by atoms with Gasteiger partial charge in [0.25, 0.3) is 5.91 Å². The van der Waals surface area contributed by atoms with Gasteiger partial charge >= 0.3 is 0 Å². The number of fused-ring (bicyclic) bond motifs is 2. The zero-order valence-electron chi connectivity index (χ0n) is 16.7. The smallest absolute Gasteiger partial charge is 0.266 e. The van der Waals surface area contributed by atoms with Crippen LogP contribution in [0.25, 0.3) is 16.3 Å². The maximum absolute atomic E-state index is 12.8. The summed E-state index contributed by atoms with van der Waals surface area (Å²) in [6, 6.07) is 13.3. The lowest BCUT2D eigenvalue weighted by Gasteiger charge is -2.13. The number of thiocarbonyl (C=S) groups is 1. The third-order valence-electron chi connectivity index (χ3n) is 4.89. The first kappa shape index (κ1) is 20.9. The monoisotopic (exact) mass is 483 g/mol. The molecular weight excluding hydrogens is 466 g/mol. The van der Waals surface area contributed by atoms with E-state index in [0.717, 1.165) is 15.8 Å². The number of nitrogens with zero attached hydrogens (tertiary/aromatic N) is 2. The molecule has 0 bridgehead atoms. The summed E-state index contributed by atoms with van der Waals surface area (Å²) >= 11 is 8.08. The summed E-state index contributed by atoms with van der Waals surface area (Å²) in [5.41, 5.74) is 1.70. The average molecular weight is 484 g/mol. The number of anilines is 1. The quantitative estimate of drug-likeness (QED) is 0.404. The maximum atomic E-state index is 12.8. The van der Waals surface area contributed by atoms with Gasteiger partial charge in [0.05, 0.1) is 15.1 Å². The first-order valence-corrected chi connectivity index (χ1v) is 11.9. The minimum Gasteiger partial charge on any atom is -0.454 e. The molecule has 0 atom stereocenters. The number of hydrogen-bond acceptors (Lipinski definition) is 8. The molecule has 32 heavy (non-hydrogen) atoms. The lowest BCUT2D eigenvalue weighted by atomic mass is 10.2. The molecule has 2 aromatic carbocycles. The predicted molar refractivity (Wildman–Crippen MR) is 130 cm³/mol. The molecule has 0 saturated carbocycles. The second-order valence-corrected chi connectivity index (χ2v) is 9.79. The van der Waals surface area contributed by atoms with Crippen molar-refractivity contribution < 1.29 is 19.1 Å². The number of amides is 2. The summed E-state index contributed by atoms with van der Waals surface area (Å²) in [4.78, 5) is 31.6. The lowest BCUT2D eigenvalue weighted by Crippen LogP contribution is -2.29. The van der Waals surface area contributed by atoms with Crippen molar-refractivity contribution in [3.8, 4) is 11.5 Å². The highest BCUT2D eigenvalue weighted by molar-refractivity contribution is 8.26. The number of hydrogen-bond donors (Lipinski definition) is 1. The molecule has 2 amide bonds. The van der Waals surface area contributed by atoms with Gasteiger partial charge < -0.3 is 14.8 Å². The van der Waals surface area contributed by atoms with Crippen LogP contribution < -0.4 is 14.8 Å². The molecule has 2 aliphatic rings. The van der Waals surface area contributed by atoms with Crippen LogP contribution in [0.5, 0.6) is 11.5 Å². The van der Waals surface area contributed by atoms with Gasteiger partial charge in [0.15, 0.2) is 16.6 Å². The molecule has 0 unspecified atom stereocenters. The third kappa shape index (κ3) is 4.34. The number of thiazole rings is 1. The molecule has 2 aliphatic heterocycles. The van der Waals surface area contributed by atoms with Gasteiger partial charge in [0.2, 0.25) is 12.7 Å². The van der Waals surface area contributed by atoms with Gasteiger partial charge in [-0.15, -0.1) is 0 Å². The Balaban J connectivity index is 1.16. The van der Waals surface area contributed by atoms with E-state index in [4.69, 9.17) is 21.7 Å². The zero-order chi connectivity index (χ0) is 22.1. The van der Waals surface area contributed by atoms with E-state index in [1.807, 2.05) is 42.5 Å². The van der Waals surface area contributed by atoms with Crippen molar-refractivity contribution in [1.29, 1.82) is 0 Å². The number of ether oxygens (including phenoxy) is 2. The Hall–Kier alpha value is -2.95. The molecule has 10 heteroatoms. The summed E-state index contributed by atoms with van der Waals surface area (Å²) in [5.74, 6) is 1.07. The van der Waals surface area contributed by atoms with Crippen LogP contribution in [0.2, 0.25) is 0 Å². The summed E-state index contributed by atoms with van der Waals surface area (Å²) in [6.45, 7) is 0.587. The third-order valence-corrected chi connectivity index (χ3v) is 7.22. The highest BCUT2D eigenvalue weighted by Crippen LogP contribution is 2.36. The molecule has 1 aromatic heterocycles. The van der Waals surface area contributed by atoms with Crippen molar-refractivity contribution in [3.05, 3.63) is 52.9 Å². The number of nitrogens with one attached hydrogen (secondary N) is 1. The van der Waals surface area contributed by atoms with Crippen molar-refractivity contribution in [2.24, 2.45) is 0 Å². The highest BCUT2D eigenvalue weighted by atomic mass is 32.2. The molecule has 5 rings (SSSR count). The fourth-order valence-corrected chi connectivity index (χ4v) is 5.54. The van der Waals surface area contributed by atoms with E-state index in [-0.39, 0.29) is 25.0 Å². The molecule has 0 aliphatic carbocycles. The molecule has 3 heterocycles. The lowest BCUT2D eigenvalue weighted by molar-refractivity contribution is -0.122. The fraction of sp³-hybridized carbons (Fsp3) is 0.182. The molecule has 1 fully saturated rings. The Kier molecular flexibility index (Phi) is 5.81. The zero-order valence-corrected chi connectivity index (χ0v) is 19.1. The highest BCUT2D eigenvalue weighted by Gasteiger charge is 2.31. The predicted octanol–water partition coefficient (Wildman–Crippen LogP) is 4.65. The van der Waals surface area contributed by atoms with E-state index < -0.39 is 0 Å². The SMILES string of the molecule is O=C(CCCN1C(=O)/C(=C/c2ccc3c(c2)OCO3)SC1=S)Nc1nc2ccccc2s1. The van der Waals surface area contributed by atoms with Gasteiger partial charge in [-0.3, -0.25) is 14.5 Å². The molecule has 1 N–H and O–H groups in total. The minimum absolute atomic E-state index is 0.134. The van der Waals surface area contributed by atoms with Gasteiger partial charge in [0, 0.05) is 13.0 Å². The second kappa shape index (κ2) is 8.89. The Morgan fingerprint density at radius 1 is 1.22 bits per heavy atom. The largest absolute Gasteiger partial charge is 0.454 e. The molecule has 0 spiro atoms. The Morgan fingerprint density at radius 2 is 2.06 bits per heavy atom. The number of thioether (sulfide) groups is 1. The van der Waals surface area contributed by atoms with Crippen molar-refractivity contribution in [1.82, 2.24) is 9.88 Å². The van der Waals surface area contributed by atoms with Crippen LogP contribution in [0, 0.1) is 0 Å². The minimum atomic E-state index is -0.149. The van der Waals surface area contributed by atoms with Crippen LogP contribution in [-0.4, -0.2) is 39.4 Å². The molecule has 3 aromatic rings. The van der Waals surface area contributed by atoms with Gasteiger partial charge in [0.1, 0.15) is 4.32 Å². The van der Waals surface area contributed by atoms with Crippen LogP contribution in [0.1, 0.15) is 18.4 Å². The number of carbonyl (C=O) groups is 2. The van der Waals surface area contributed by atoms with Crippen LogP contribution in [0.3, 0.4) is 0 Å². The fourth-order valence-electron chi connectivity index (χ4n) is 3.35. The number of benzene rings is 2. The number of carbonyl (C=O) groups excluding carboxylic acids is 2. The Labute approximate surface area is 197 Å². The van der Waals surface area contributed by atoms with Crippen molar-refractivity contribution >= 4 is 72.9 Å². The molecule has 1 saturated heterocycles. The summed E-state index contributed by atoms with van der Waals surface area (Å²) in [7, 11) is 0. The van der Waals surface area contributed by atoms with E-state index in [1.54, 1.807) is 11.0 Å². The molecule has 0 radical (unpaired) electrons. The van der Waals surface area contributed by atoms with Crippen LogP contribution in [0.4, 0.5) is 5.13 Å². The molecule has 162 valence electrons. The van der Waals surface area contributed by atoms with Gasteiger partial charge in [-0.2, -0.15) is 0 Å². The van der Waals surface area contributed by atoms with E-state index in [9.17, 15) is 9.59 Å². The Morgan fingerprint density at radius 3 is 2.94 bits per heavy atom. The summed E-state index contributed by atoms with van der Waals surface area (Å²) < 4.78 is 12.2. The van der Waals surface area contributed by atoms with Crippen molar-refractivity contribution in [3.63, 3.8) is 0 Å². The second-order valence-electron chi connectivity index (χ2n) is 7.08. The summed E-state index contributed by atoms with van der Waals surface area (Å²) in [6.07, 6.45) is 2.57. The normalized spacial score (nSPS) is 16.4. The van der Waals surface area contributed by atoms with Gasteiger partial charge in [-0.05, 0) is 42.3 Å². The van der Waals surface area contributed by atoms with Crippen LogP contribution in [0.15, 0.2) is 47.4 Å². The standard InChI is InChI=1S/C22H17N3O4S3/c26-19(24-21-23-14-4-1-2-5-17(14)31-21)6-3-9-25-20(27)18(32-22(25)30)11-13-7-8-15-16(10-13)29-12-28-15/h1-2,4-5,7-8,10-11H,3,6,9,12H2,(H,23,24,26)/b18-11-. The van der Waals surface area contributed by atoms with Crippen molar-refractivity contribution in [2.45, 2.75) is 12.8 Å². The number of aromatic nitrogens is 1. The summed E-state index contributed by atoms with van der Waals surface area (Å²) in [5, 5.41) is 3.41. The van der Waals surface area contributed by atoms with Crippen LogP contribution >= 0.6 is 35.3 Å². The van der Waals surface area contributed by atoms with Crippen LogP contribution in [-0.2, 0) is 9.59 Å². The first-order chi connectivity index (χ1) is 15.6. The maximum Gasteiger partial charge on any atom is 0.266 e. The first-order valence-electron chi connectivity index (χ1n) is 9.87. The van der Waals surface area contributed by atoms with E-state index >= 15 is 0 Å². The topological polar surface area (TPSA) is 80.8 Å². The van der Waals surface area contributed by atoms with E-state index in [1.165, 1.54) is 23.1 Å². The van der Waals surface area contributed by atoms with Gasteiger partial charge in [-0.25, -0.2) is 4.98 Å². The number of para-hydroxylation sites is 1. The number of rotatable bonds is 6. The van der Waals surface area contributed by atoms with Gasteiger partial charge in [-0.1, -0.05) is 53.5 Å². The molecular formula is C22H17N3O4S3. The van der Waals surface area contributed by atoms with E-state index in [2.05, 4.69) is 10.3 Å².